The Hall–Kier alpha value is -2.00. The summed E-state index contributed by atoms with van der Waals surface area (Å²) in [6, 6.07) is 2.80. The van der Waals surface area contributed by atoms with Crippen molar-refractivity contribution in [3.8, 4) is 0 Å². The minimum Gasteiger partial charge on any atom is -0.480 e. The fraction of sp³-hybridized carbons (Fsp3) is 0.417. The molecule has 1 rings (SSSR count). The number of hydrogen-bond acceptors (Lipinski definition) is 5. The molecule has 0 spiro atoms. The van der Waals surface area contributed by atoms with Gasteiger partial charge in [0.1, 0.15) is 6.54 Å². The zero-order chi connectivity index (χ0) is 16.4. The number of carbonyl (C=O) groups is 1. The average Bonchev–Trinajstić information content (AvgIpc) is 2.34. The molecule has 0 aromatic heterocycles. The summed E-state index contributed by atoms with van der Waals surface area (Å²) in [7, 11) is -4.04. The van der Waals surface area contributed by atoms with Gasteiger partial charge < -0.3 is 5.11 Å². The molecule has 0 radical (unpaired) electrons. The molecular weight excluding hydrogens is 300 g/mol. The van der Waals surface area contributed by atoms with E-state index in [0.717, 1.165) is 22.5 Å². The standard InChI is InChI=1S/C12H16N2O6S/c1-8(2)13(7-12(15)16)21(19,20)11-5-4-10(14(17)18)6-9(11)3/h4-6,8H,7H2,1-3H3,(H,15,16). The van der Waals surface area contributed by atoms with Crippen LogP contribution in [0, 0.1) is 17.0 Å². The molecule has 0 aliphatic carbocycles. The van der Waals surface area contributed by atoms with Crippen molar-refractivity contribution in [3.63, 3.8) is 0 Å². The number of hydrogen-bond donors (Lipinski definition) is 1. The first-order valence-corrected chi connectivity index (χ1v) is 7.50. The van der Waals surface area contributed by atoms with Crippen molar-refractivity contribution in [1.29, 1.82) is 0 Å². The van der Waals surface area contributed by atoms with E-state index in [4.69, 9.17) is 5.11 Å². The summed E-state index contributed by atoms with van der Waals surface area (Å²) < 4.78 is 25.8. The molecule has 8 nitrogen and oxygen atoms in total. The lowest BCUT2D eigenvalue weighted by atomic mass is 10.2. The zero-order valence-electron chi connectivity index (χ0n) is 11.8. The Morgan fingerprint density at radius 1 is 1.43 bits per heavy atom. The van der Waals surface area contributed by atoms with Crippen LogP contribution in [0.5, 0.6) is 0 Å². The van der Waals surface area contributed by atoms with Gasteiger partial charge in [-0.2, -0.15) is 4.31 Å². The van der Waals surface area contributed by atoms with Gasteiger partial charge in [-0.25, -0.2) is 8.42 Å². The molecule has 1 aromatic rings. The van der Waals surface area contributed by atoms with Crippen LogP contribution in [0.25, 0.3) is 0 Å². The maximum Gasteiger partial charge on any atom is 0.318 e. The predicted octanol–water partition coefficient (Wildman–Crippen LogP) is 1.39. The Balaban J connectivity index is 3.35. The molecule has 1 N–H and O–H groups in total. The molecular formula is C12H16N2O6S. The fourth-order valence-electron chi connectivity index (χ4n) is 1.84. The van der Waals surface area contributed by atoms with Crippen molar-refractivity contribution in [2.75, 3.05) is 6.54 Å². The third kappa shape index (κ3) is 3.76. The van der Waals surface area contributed by atoms with E-state index in [1.54, 1.807) is 13.8 Å². The van der Waals surface area contributed by atoms with E-state index in [0.29, 0.717) is 0 Å². The largest absolute Gasteiger partial charge is 0.480 e. The van der Waals surface area contributed by atoms with Crippen molar-refractivity contribution < 1.29 is 23.2 Å². The molecule has 9 heteroatoms. The van der Waals surface area contributed by atoms with E-state index in [2.05, 4.69) is 0 Å². The maximum absolute atomic E-state index is 12.5. The number of carboxylic acids is 1. The molecule has 0 aliphatic heterocycles. The summed E-state index contributed by atoms with van der Waals surface area (Å²) in [4.78, 5) is 20.7. The van der Waals surface area contributed by atoms with Crippen LogP contribution in [0.1, 0.15) is 19.4 Å². The fourth-order valence-corrected chi connectivity index (χ4v) is 3.64. The van der Waals surface area contributed by atoms with Crippen LogP contribution in [0.2, 0.25) is 0 Å². The Morgan fingerprint density at radius 2 is 2.00 bits per heavy atom. The molecule has 21 heavy (non-hydrogen) atoms. The molecule has 0 amide bonds. The summed E-state index contributed by atoms with van der Waals surface area (Å²) in [6.45, 7) is 3.87. The van der Waals surface area contributed by atoms with Gasteiger partial charge in [0.15, 0.2) is 0 Å². The van der Waals surface area contributed by atoms with Gasteiger partial charge >= 0.3 is 5.97 Å². The molecule has 0 atom stereocenters. The first kappa shape index (κ1) is 17.1. The third-order valence-electron chi connectivity index (χ3n) is 2.82. The second-order valence-electron chi connectivity index (χ2n) is 4.74. The molecule has 0 unspecified atom stereocenters. The van der Waals surface area contributed by atoms with Crippen LogP contribution in [0.3, 0.4) is 0 Å². The quantitative estimate of drug-likeness (QED) is 0.626. The number of sulfonamides is 1. The highest BCUT2D eigenvalue weighted by Crippen LogP contribution is 2.25. The van der Waals surface area contributed by atoms with Crippen LogP contribution in [-0.4, -0.2) is 41.3 Å². The second-order valence-corrected chi connectivity index (χ2v) is 6.60. The monoisotopic (exact) mass is 316 g/mol. The highest BCUT2D eigenvalue weighted by molar-refractivity contribution is 7.89. The van der Waals surface area contributed by atoms with Gasteiger partial charge in [-0.3, -0.25) is 14.9 Å². The second kappa shape index (κ2) is 6.19. The summed E-state index contributed by atoms with van der Waals surface area (Å²) in [5.74, 6) is -1.27. The summed E-state index contributed by atoms with van der Waals surface area (Å²) in [5.41, 5.74) is -0.0268. The maximum atomic E-state index is 12.5. The van der Waals surface area contributed by atoms with Gasteiger partial charge in [0.05, 0.1) is 9.82 Å². The first-order valence-electron chi connectivity index (χ1n) is 6.06. The van der Waals surface area contributed by atoms with Crippen LogP contribution in [0.15, 0.2) is 23.1 Å². The van der Waals surface area contributed by atoms with Gasteiger partial charge in [0.25, 0.3) is 5.69 Å². The molecule has 0 aliphatic rings. The van der Waals surface area contributed by atoms with Crippen molar-refractivity contribution >= 4 is 21.7 Å². The highest BCUT2D eigenvalue weighted by Gasteiger charge is 2.30. The lowest BCUT2D eigenvalue weighted by Gasteiger charge is -2.24. The lowest BCUT2D eigenvalue weighted by molar-refractivity contribution is -0.385. The number of carboxylic acid groups (broad SMARTS) is 1. The van der Waals surface area contributed by atoms with Crippen molar-refractivity contribution in [1.82, 2.24) is 4.31 Å². The predicted molar refractivity (Wildman–Crippen MR) is 74.5 cm³/mol. The van der Waals surface area contributed by atoms with Crippen LogP contribution >= 0.6 is 0 Å². The number of aryl methyl sites for hydroxylation is 1. The molecule has 0 heterocycles. The highest BCUT2D eigenvalue weighted by atomic mass is 32.2. The molecule has 0 saturated carbocycles. The van der Waals surface area contributed by atoms with Gasteiger partial charge in [-0.05, 0) is 32.4 Å². The third-order valence-corrected chi connectivity index (χ3v) is 5.01. The number of nitro groups is 1. The summed E-state index contributed by atoms with van der Waals surface area (Å²) in [5, 5.41) is 19.5. The topological polar surface area (TPSA) is 118 Å². The SMILES string of the molecule is Cc1cc([N+](=O)[O-])ccc1S(=O)(=O)N(CC(=O)O)C(C)C. The Morgan fingerprint density at radius 3 is 2.38 bits per heavy atom. The van der Waals surface area contributed by atoms with Crippen molar-refractivity contribution in [2.24, 2.45) is 0 Å². The average molecular weight is 316 g/mol. The molecule has 0 saturated heterocycles. The van der Waals surface area contributed by atoms with E-state index in [-0.39, 0.29) is 16.1 Å². The first-order chi connectivity index (χ1) is 9.57. The zero-order valence-corrected chi connectivity index (χ0v) is 12.6. The Kier molecular flexibility index (Phi) is 5.02. The Labute approximate surface area is 122 Å². The summed E-state index contributed by atoms with van der Waals surface area (Å²) in [6.07, 6.45) is 0. The Bertz CT molecular complexity index is 668. The van der Waals surface area contributed by atoms with E-state index in [1.807, 2.05) is 0 Å². The van der Waals surface area contributed by atoms with E-state index >= 15 is 0 Å². The number of non-ortho nitro benzene ring substituents is 1. The number of benzene rings is 1. The molecule has 0 bridgehead atoms. The smallest absolute Gasteiger partial charge is 0.318 e. The van der Waals surface area contributed by atoms with Crippen LogP contribution in [0.4, 0.5) is 5.69 Å². The van der Waals surface area contributed by atoms with Crippen molar-refractivity contribution in [2.45, 2.75) is 31.7 Å². The van der Waals surface area contributed by atoms with E-state index in [1.165, 1.54) is 6.92 Å². The number of nitrogens with zero attached hydrogens (tertiary/aromatic N) is 2. The number of rotatable bonds is 6. The lowest BCUT2D eigenvalue weighted by Crippen LogP contribution is -2.40. The van der Waals surface area contributed by atoms with Gasteiger partial charge in [-0.1, -0.05) is 0 Å². The van der Waals surface area contributed by atoms with Crippen LogP contribution in [-0.2, 0) is 14.8 Å². The minimum absolute atomic E-state index is 0.136. The molecule has 0 fully saturated rings. The van der Waals surface area contributed by atoms with Crippen LogP contribution < -0.4 is 0 Å². The minimum atomic E-state index is -4.04. The van der Waals surface area contributed by atoms with Gasteiger partial charge in [0.2, 0.25) is 10.0 Å². The van der Waals surface area contributed by atoms with Crippen molar-refractivity contribution in [3.05, 3.63) is 33.9 Å². The molecule has 116 valence electrons. The summed E-state index contributed by atoms with van der Waals surface area (Å²) >= 11 is 0. The van der Waals surface area contributed by atoms with Gasteiger partial charge in [-0.15, -0.1) is 0 Å². The number of nitro benzene ring substituents is 1. The number of aliphatic carboxylic acids is 1. The molecule has 1 aromatic carbocycles. The van der Waals surface area contributed by atoms with Gasteiger partial charge in [0, 0.05) is 18.2 Å². The normalized spacial score (nSPS) is 11.9. The van der Waals surface area contributed by atoms with E-state index in [9.17, 15) is 23.3 Å². The van der Waals surface area contributed by atoms with E-state index < -0.39 is 33.5 Å².